The van der Waals surface area contributed by atoms with Crippen LogP contribution in [0.2, 0.25) is 0 Å². The molecule has 2 aromatic rings. The molecule has 0 spiro atoms. The summed E-state index contributed by atoms with van der Waals surface area (Å²) >= 11 is 2.13. The molecule has 1 saturated carbocycles. The fourth-order valence-electron chi connectivity index (χ4n) is 1.83. The summed E-state index contributed by atoms with van der Waals surface area (Å²) in [5.74, 6) is 0.886. The smallest absolute Gasteiger partial charge is 0.241 e. The van der Waals surface area contributed by atoms with Crippen LogP contribution in [0, 0.1) is 3.77 Å². The average Bonchev–Trinajstić information content (AvgIpc) is 2.94. The molecular formula is C13H15IN4O2. The number of nitrogens with one attached hydrogen (secondary N) is 2. The van der Waals surface area contributed by atoms with Crippen LogP contribution in [-0.2, 0) is 17.9 Å². The van der Waals surface area contributed by atoms with E-state index in [1.165, 1.54) is 0 Å². The topological polar surface area (TPSA) is 72.1 Å². The van der Waals surface area contributed by atoms with Crippen LogP contribution in [0.15, 0.2) is 28.9 Å². The van der Waals surface area contributed by atoms with Crippen LogP contribution in [0.1, 0.15) is 18.6 Å². The second-order valence-corrected chi connectivity index (χ2v) is 5.89. The number of nitrogens with zero attached hydrogens (tertiary/aromatic N) is 2. The van der Waals surface area contributed by atoms with E-state index < -0.39 is 0 Å². The number of carbonyl (C=O) groups excluding carboxylic acids is 1. The van der Waals surface area contributed by atoms with E-state index >= 15 is 0 Å². The van der Waals surface area contributed by atoms with Gasteiger partial charge in [0.05, 0.1) is 18.4 Å². The van der Waals surface area contributed by atoms with E-state index in [1.54, 1.807) is 10.9 Å². The molecule has 2 N–H and O–H groups in total. The minimum absolute atomic E-state index is 0.0164. The third-order valence-electron chi connectivity index (χ3n) is 2.98. The SMILES string of the molecule is O=C(Cn1cc(NCc2ccc(I)o2)cn1)NC1CC1. The van der Waals surface area contributed by atoms with Gasteiger partial charge in [-0.05, 0) is 47.6 Å². The number of rotatable bonds is 6. The Kier molecular flexibility index (Phi) is 3.95. The van der Waals surface area contributed by atoms with E-state index in [9.17, 15) is 4.79 Å². The van der Waals surface area contributed by atoms with Crippen LogP contribution in [0.5, 0.6) is 0 Å². The lowest BCUT2D eigenvalue weighted by Crippen LogP contribution is -2.29. The van der Waals surface area contributed by atoms with Crippen molar-refractivity contribution in [3.63, 3.8) is 0 Å². The summed E-state index contributed by atoms with van der Waals surface area (Å²) in [6.07, 6.45) is 5.72. The summed E-state index contributed by atoms with van der Waals surface area (Å²) in [4.78, 5) is 11.6. The average molecular weight is 386 g/mol. The van der Waals surface area contributed by atoms with Crippen molar-refractivity contribution in [1.82, 2.24) is 15.1 Å². The Morgan fingerprint density at radius 1 is 1.50 bits per heavy atom. The Balaban J connectivity index is 1.49. The highest BCUT2D eigenvalue weighted by atomic mass is 127. The number of halogens is 1. The van der Waals surface area contributed by atoms with Crippen molar-refractivity contribution >= 4 is 34.2 Å². The van der Waals surface area contributed by atoms with Crippen LogP contribution >= 0.6 is 22.6 Å². The number of hydrogen-bond donors (Lipinski definition) is 2. The first-order valence-electron chi connectivity index (χ1n) is 6.49. The lowest BCUT2D eigenvalue weighted by Gasteiger charge is -2.03. The van der Waals surface area contributed by atoms with Crippen LogP contribution in [-0.4, -0.2) is 21.7 Å². The van der Waals surface area contributed by atoms with E-state index in [4.69, 9.17) is 4.42 Å². The van der Waals surface area contributed by atoms with Gasteiger partial charge < -0.3 is 15.1 Å². The lowest BCUT2D eigenvalue weighted by molar-refractivity contribution is -0.122. The van der Waals surface area contributed by atoms with Crippen molar-refractivity contribution in [3.8, 4) is 0 Å². The van der Waals surface area contributed by atoms with E-state index in [-0.39, 0.29) is 12.5 Å². The molecule has 1 amide bonds. The van der Waals surface area contributed by atoms with Gasteiger partial charge in [-0.25, -0.2) is 0 Å². The maximum atomic E-state index is 11.6. The third kappa shape index (κ3) is 3.75. The maximum Gasteiger partial charge on any atom is 0.241 e. The molecule has 1 fully saturated rings. The minimum atomic E-state index is 0.0164. The van der Waals surface area contributed by atoms with Gasteiger partial charge in [-0.1, -0.05) is 0 Å². The molecule has 20 heavy (non-hydrogen) atoms. The molecule has 2 aromatic heterocycles. The van der Waals surface area contributed by atoms with Gasteiger partial charge in [0.2, 0.25) is 5.91 Å². The zero-order valence-electron chi connectivity index (χ0n) is 10.8. The number of aromatic nitrogens is 2. The van der Waals surface area contributed by atoms with Gasteiger partial charge in [-0.15, -0.1) is 0 Å². The Morgan fingerprint density at radius 3 is 3.05 bits per heavy atom. The zero-order valence-corrected chi connectivity index (χ0v) is 13.0. The lowest BCUT2D eigenvalue weighted by atomic mass is 10.4. The van der Waals surface area contributed by atoms with E-state index in [0.717, 1.165) is 28.1 Å². The maximum absolute atomic E-state index is 11.6. The molecule has 0 aromatic carbocycles. The molecule has 106 valence electrons. The first-order chi connectivity index (χ1) is 9.69. The largest absolute Gasteiger partial charge is 0.454 e. The molecule has 1 aliphatic carbocycles. The molecule has 2 heterocycles. The Hall–Kier alpha value is -1.51. The molecule has 0 bridgehead atoms. The predicted molar refractivity (Wildman–Crippen MR) is 82.1 cm³/mol. The number of anilines is 1. The van der Waals surface area contributed by atoms with Crippen molar-refractivity contribution in [3.05, 3.63) is 34.1 Å². The number of furan rings is 1. The molecule has 0 aliphatic heterocycles. The van der Waals surface area contributed by atoms with Gasteiger partial charge in [0.1, 0.15) is 12.3 Å². The fraction of sp³-hybridized carbons (Fsp3) is 0.385. The van der Waals surface area contributed by atoms with Gasteiger partial charge in [-0.3, -0.25) is 9.48 Å². The van der Waals surface area contributed by atoms with Crippen molar-refractivity contribution < 1.29 is 9.21 Å². The summed E-state index contributed by atoms with van der Waals surface area (Å²) in [5, 5.41) is 10.3. The monoisotopic (exact) mass is 386 g/mol. The van der Waals surface area contributed by atoms with Crippen molar-refractivity contribution in [1.29, 1.82) is 0 Å². The van der Waals surface area contributed by atoms with E-state index in [0.29, 0.717) is 12.6 Å². The highest BCUT2D eigenvalue weighted by Gasteiger charge is 2.23. The Morgan fingerprint density at radius 2 is 2.35 bits per heavy atom. The van der Waals surface area contributed by atoms with Gasteiger partial charge >= 0.3 is 0 Å². The second-order valence-electron chi connectivity index (χ2n) is 4.83. The first-order valence-corrected chi connectivity index (χ1v) is 7.57. The van der Waals surface area contributed by atoms with Crippen LogP contribution in [0.25, 0.3) is 0 Å². The second kappa shape index (κ2) is 5.86. The Labute approximate surface area is 130 Å². The summed E-state index contributed by atoms with van der Waals surface area (Å²) < 4.78 is 7.96. The summed E-state index contributed by atoms with van der Waals surface area (Å²) in [5.41, 5.74) is 0.871. The van der Waals surface area contributed by atoms with E-state index in [1.807, 2.05) is 18.3 Å². The highest BCUT2D eigenvalue weighted by Crippen LogP contribution is 2.18. The van der Waals surface area contributed by atoms with Crippen molar-refractivity contribution in [2.45, 2.75) is 32.0 Å². The normalized spacial score (nSPS) is 14.2. The van der Waals surface area contributed by atoms with Gasteiger partial charge in [0.15, 0.2) is 3.77 Å². The zero-order chi connectivity index (χ0) is 13.9. The molecule has 0 saturated heterocycles. The minimum Gasteiger partial charge on any atom is -0.454 e. The van der Waals surface area contributed by atoms with Gasteiger partial charge in [0.25, 0.3) is 0 Å². The number of amides is 1. The summed E-state index contributed by atoms with van der Waals surface area (Å²) in [6, 6.07) is 4.24. The highest BCUT2D eigenvalue weighted by molar-refractivity contribution is 14.1. The molecule has 7 heteroatoms. The third-order valence-corrected chi connectivity index (χ3v) is 3.56. The molecule has 0 unspecified atom stereocenters. The molecule has 0 radical (unpaired) electrons. The molecular weight excluding hydrogens is 371 g/mol. The summed E-state index contributed by atoms with van der Waals surface area (Å²) in [7, 11) is 0. The molecule has 3 rings (SSSR count). The van der Waals surface area contributed by atoms with Crippen LogP contribution in [0.4, 0.5) is 5.69 Å². The molecule has 6 nitrogen and oxygen atoms in total. The summed E-state index contributed by atoms with van der Waals surface area (Å²) in [6.45, 7) is 0.861. The van der Waals surface area contributed by atoms with Crippen LogP contribution < -0.4 is 10.6 Å². The first kappa shape index (κ1) is 13.5. The predicted octanol–water partition coefficient (Wildman–Crippen LogP) is 1.97. The van der Waals surface area contributed by atoms with Crippen molar-refractivity contribution in [2.24, 2.45) is 0 Å². The van der Waals surface area contributed by atoms with Gasteiger partial charge in [-0.2, -0.15) is 5.10 Å². The Bertz CT molecular complexity index is 603. The fourth-order valence-corrected chi connectivity index (χ4v) is 2.29. The standard InChI is InChI=1S/C13H15IN4O2/c14-12-4-3-11(20-12)6-15-10-5-16-18(7-10)8-13(19)17-9-1-2-9/h3-5,7,9,15H,1-2,6,8H2,(H,17,19). The number of carbonyl (C=O) groups is 1. The van der Waals surface area contributed by atoms with Crippen molar-refractivity contribution in [2.75, 3.05) is 5.32 Å². The molecule has 0 atom stereocenters. The quantitative estimate of drug-likeness (QED) is 0.745. The van der Waals surface area contributed by atoms with E-state index in [2.05, 4.69) is 38.3 Å². The number of hydrogen-bond acceptors (Lipinski definition) is 4. The van der Waals surface area contributed by atoms with Crippen LogP contribution in [0.3, 0.4) is 0 Å². The molecule has 1 aliphatic rings. The van der Waals surface area contributed by atoms with Gasteiger partial charge in [0, 0.05) is 12.2 Å².